The Kier molecular flexibility index (Phi) is 30.4. The third kappa shape index (κ3) is 22.9. The summed E-state index contributed by atoms with van der Waals surface area (Å²) in [7, 11) is 3.22. The maximum Gasteiger partial charge on any atom is 0.129 e. The molecule has 9 rings (SSSR count). The van der Waals surface area contributed by atoms with Crippen molar-refractivity contribution < 1.29 is 27.0 Å². The number of halogens is 8. The zero-order valence-electron chi connectivity index (χ0n) is 49.5. The molecule has 436 valence electrons. The van der Waals surface area contributed by atoms with Crippen molar-refractivity contribution in [2.45, 2.75) is 138 Å². The van der Waals surface area contributed by atoms with Crippen LogP contribution in [0, 0.1) is 23.3 Å². The summed E-state index contributed by atoms with van der Waals surface area (Å²) in [6.45, 7) is 29.0. The number of pyridine rings is 1. The Morgan fingerprint density at radius 1 is 0.432 bits per heavy atom. The van der Waals surface area contributed by atoms with E-state index in [2.05, 4.69) is 117 Å². The highest BCUT2D eigenvalue weighted by Gasteiger charge is 2.13. The molecule has 0 radical (unpaired) electrons. The van der Waals surface area contributed by atoms with E-state index in [0.29, 0.717) is 45.9 Å². The van der Waals surface area contributed by atoms with E-state index < -0.39 is 11.6 Å². The van der Waals surface area contributed by atoms with Gasteiger partial charge in [-0.3, -0.25) is 4.98 Å². The van der Waals surface area contributed by atoms with Gasteiger partial charge in [-0.1, -0.05) is 210 Å². The Hall–Kier alpha value is -5.13. The van der Waals surface area contributed by atoms with Crippen molar-refractivity contribution in [3.05, 3.63) is 226 Å². The summed E-state index contributed by atoms with van der Waals surface area (Å²) in [5, 5.41) is 8.73. The number of hydrogen-bond acceptors (Lipinski definition) is 5. The monoisotopic (exact) mass is 1220 g/mol. The molecule has 0 bridgehead atoms. The van der Waals surface area contributed by atoms with Gasteiger partial charge in [0.05, 0.1) is 24.3 Å². The third-order valence-corrected chi connectivity index (χ3v) is 16.4. The minimum absolute atomic E-state index is 0.107. The average Bonchev–Trinajstić information content (AvgIpc) is 4.02. The molecule has 6 aromatic carbocycles. The number of hydrogen-bond donors (Lipinski definition) is 0. The van der Waals surface area contributed by atoms with Crippen molar-refractivity contribution in [2.75, 3.05) is 14.2 Å². The minimum atomic E-state index is -0.521. The lowest BCUT2D eigenvalue weighted by molar-refractivity contribution is 0.404. The summed E-state index contributed by atoms with van der Waals surface area (Å²) in [4.78, 5) is 6.99. The second-order valence-corrected chi connectivity index (χ2v) is 24.7. The normalized spacial score (nSPS) is 10.8. The van der Waals surface area contributed by atoms with Crippen LogP contribution in [0.2, 0.25) is 20.1 Å². The predicted octanol–water partition coefficient (Wildman–Crippen LogP) is 24.7. The Labute approximate surface area is 508 Å². The fourth-order valence-corrected chi connectivity index (χ4v) is 11.1. The average molecular weight is 1220 g/mol. The van der Waals surface area contributed by atoms with Gasteiger partial charge in [0.2, 0.25) is 0 Å². The standard InChI is InChI=1S/C12H13N.C11H11ClS.C10H13ClO.C10H13FO.C9H10ClF.C9H10F2.C7H9ClS/c1-9(2)12-7-10-5-3-4-6-11(10)8-13-12;1-7(2)11-10(12)8-5-3-4-6-9(8)13-11;2*1-7(2)9-5-4-8(11)6-10(9)12-3;2*1-6(2)8-4-3-7(10)5-9(8)11;1-5(2)7-6(8)3-4-9-7/h3-9H,1-2H3;3-7H,1-2H3;2*4-7H,1-3H3;2*3-6H,1-2H3;3-5H,1-2H3. The Morgan fingerprint density at radius 3 is 1.35 bits per heavy atom. The van der Waals surface area contributed by atoms with E-state index in [4.69, 9.17) is 55.9 Å². The topological polar surface area (TPSA) is 31.4 Å². The molecule has 3 heterocycles. The Balaban J connectivity index is 0.000000249. The molecule has 0 aliphatic heterocycles. The SMILES string of the molecule is CC(C)c1cc2ccccc2cn1.CC(C)c1ccc(Cl)cc1F.CC(C)c1ccc(F)cc1F.CC(C)c1sc2ccccc2c1Cl.CC(C)c1sccc1Cl.COc1cc(Cl)ccc1C(C)C.COc1cc(F)ccc1C(C)C. The van der Waals surface area contributed by atoms with Crippen LogP contribution < -0.4 is 9.47 Å². The fraction of sp³-hybridized carbons (Fsp3) is 0.338. The summed E-state index contributed by atoms with van der Waals surface area (Å²) in [5.41, 5.74) is 4.68. The maximum atomic E-state index is 13.0. The maximum absolute atomic E-state index is 13.0. The molecule has 0 atom stereocenters. The minimum Gasteiger partial charge on any atom is -0.496 e. The van der Waals surface area contributed by atoms with Crippen LogP contribution in [-0.2, 0) is 0 Å². The first-order chi connectivity index (χ1) is 38.2. The van der Waals surface area contributed by atoms with Crippen LogP contribution in [0.1, 0.15) is 176 Å². The quantitative estimate of drug-likeness (QED) is 0.135. The van der Waals surface area contributed by atoms with Gasteiger partial charge in [0.1, 0.15) is 34.8 Å². The van der Waals surface area contributed by atoms with Crippen LogP contribution in [0.3, 0.4) is 0 Å². The molecule has 3 nitrogen and oxygen atoms in total. The van der Waals surface area contributed by atoms with Crippen molar-refractivity contribution >= 4 is 89.9 Å². The van der Waals surface area contributed by atoms with E-state index in [1.54, 1.807) is 55.1 Å². The lowest BCUT2D eigenvalue weighted by Gasteiger charge is -2.11. The first kappa shape index (κ1) is 70.1. The predicted molar refractivity (Wildman–Crippen MR) is 345 cm³/mol. The fourth-order valence-electron chi connectivity index (χ4n) is 7.80. The number of thiophene rings is 2. The van der Waals surface area contributed by atoms with Gasteiger partial charge in [-0.05, 0) is 129 Å². The molecule has 0 saturated heterocycles. The molecule has 0 aliphatic carbocycles. The number of rotatable bonds is 9. The van der Waals surface area contributed by atoms with Crippen LogP contribution >= 0.6 is 69.1 Å². The highest BCUT2D eigenvalue weighted by molar-refractivity contribution is 7.19. The molecule has 0 spiro atoms. The van der Waals surface area contributed by atoms with Crippen molar-refractivity contribution in [1.29, 1.82) is 0 Å². The zero-order chi connectivity index (χ0) is 60.7. The van der Waals surface area contributed by atoms with E-state index in [1.165, 1.54) is 72.2 Å². The van der Waals surface area contributed by atoms with Gasteiger partial charge in [0, 0.05) is 59.3 Å². The van der Waals surface area contributed by atoms with E-state index in [9.17, 15) is 17.6 Å². The molecule has 0 saturated carbocycles. The van der Waals surface area contributed by atoms with Crippen LogP contribution in [0.25, 0.3) is 20.9 Å². The van der Waals surface area contributed by atoms with Gasteiger partial charge in [-0.2, -0.15) is 0 Å². The number of nitrogens with zero attached hydrogens (tertiary/aromatic N) is 1. The molecule has 0 unspecified atom stereocenters. The second-order valence-electron chi connectivity index (χ2n) is 21.1. The van der Waals surface area contributed by atoms with E-state index in [-0.39, 0.29) is 23.5 Å². The highest BCUT2D eigenvalue weighted by Crippen LogP contribution is 2.39. The van der Waals surface area contributed by atoms with Gasteiger partial charge in [-0.25, -0.2) is 17.6 Å². The molecule has 13 heteroatoms. The molecule has 81 heavy (non-hydrogen) atoms. The van der Waals surface area contributed by atoms with E-state index in [0.717, 1.165) is 38.0 Å². The summed E-state index contributed by atoms with van der Waals surface area (Å²) in [6, 6.07) is 39.5. The lowest BCUT2D eigenvalue weighted by atomic mass is 10.0. The van der Waals surface area contributed by atoms with Crippen molar-refractivity contribution in [3.63, 3.8) is 0 Å². The second kappa shape index (κ2) is 35.1. The van der Waals surface area contributed by atoms with Gasteiger partial charge < -0.3 is 9.47 Å². The number of aromatic nitrogens is 1. The van der Waals surface area contributed by atoms with E-state index >= 15 is 0 Å². The smallest absolute Gasteiger partial charge is 0.129 e. The van der Waals surface area contributed by atoms with Gasteiger partial charge >= 0.3 is 0 Å². The largest absolute Gasteiger partial charge is 0.496 e. The molecule has 3 aromatic heterocycles. The lowest BCUT2D eigenvalue weighted by Crippen LogP contribution is -1.94. The summed E-state index contributed by atoms with van der Waals surface area (Å²) >= 11 is 27.0. The number of benzene rings is 6. The number of methoxy groups -OCH3 is 2. The van der Waals surface area contributed by atoms with Gasteiger partial charge in [-0.15, -0.1) is 22.7 Å². The number of ether oxygens (including phenoxy) is 2. The third-order valence-electron chi connectivity index (χ3n) is 12.3. The Morgan fingerprint density at radius 2 is 0.889 bits per heavy atom. The zero-order valence-corrected chi connectivity index (χ0v) is 54.2. The van der Waals surface area contributed by atoms with E-state index in [1.807, 2.05) is 75.7 Å². The van der Waals surface area contributed by atoms with Gasteiger partial charge in [0.15, 0.2) is 0 Å². The molecular weight excluding hydrogens is 1140 g/mol. The first-order valence-electron chi connectivity index (χ1n) is 27.0. The van der Waals surface area contributed by atoms with Crippen LogP contribution in [0.4, 0.5) is 17.6 Å². The Bertz CT molecular complexity index is 3200. The number of fused-ring (bicyclic) bond motifs is 2. The highest BCUT2D eigenvalue weighted by atomic mass is 35.5. The molecule has 9 aromatic rings. The summed E-state index contributed by atoms with van der Waals surface area (Å²) in [5.74, 6) is 2.80. The van der Waals surface area contributed by atoms with Crippen LogP contribution in [0.5, 0.6) is 11.5 Å². The summed E-state index contributed by atoms with van der Waals surface area (Å²) < 4.78 is 62.5. The molecule has 0 aliphatic rings. The first-order valence-corrected chi connectivity index (χ1v) is 30.2. The molecular formula is C68H79Cl4F4NO2S2. The van der Waals surface area contributed by atoms with Crippen LogP contribution in [-0.4, -0.2) is 19.2 Å². The molecule has 0 fully saturated rings. The van der Waals surface area contributed by atoms with Crippen LogP contribution in [0.15, 0.2) is 145 Å². The molecule has 0 N–H and O–H groups in total. The van der Waals surface area contributed by atoms with Gasteiger partial charge in [0.25, 0.3) is 0 Å². The van der Waals surface area contributed by atoms with Crippen molar-refractivity contribution in [1.82, 2.24) is 4.98 Å². The van der Waals surface area contributed by atoms with Crippen molar-refractivity contribution in [3.8, 4) is 11.5 Å². The summed E-state index contributed by atoms with van der Waals surface area (Å²) in [6.07, 6.45) is 1.95. The van der Waals surface area contributed by atoms with Crippen molar-refractivity contribution in [2.24, 2.45) is 0 Å². The molecule has 0 amide bonds.